The Balaban J connectivity index is 3.38. The molecule has 132 valence electrons. The normalized spacial score (nSPS) is 14.0. The van der Waals surface area contributed by atoms with Crippen LogP contribution in [0.25, 0.3) is 5.76 Å². The minimum absolute atomic E-state index is 0.00323. The van der Waals surface area contributed by atoms with Crippen molar-refractivity contribution in [2.75, 3.05) is 13.2 Å². The van der Waals surface area contributed by atoms with Crippen molar-refractivity contribution in [1.82, 2.24) is 10.2 Å². The summed E-state index contributed by atoms with van der Waals surface area (Å²) in [5.74, 6) is -1.24. The Morgan fingerprint density at radius 3 is 2.62 bits per heavy atom. The summed E-state index contributed by atoms with van der Waals surface area (Å²) in [6.07, 6.45) is 1.15. The molecule has 0 aromatic carbocycles. The number of hydrogen-bond acceptors (Lipinski definition) is 7. The number of halogens is 2. The molecule has 0 bridgehead atoms. The number of carbonyl (C=O) groups excluding carboxylic acids is 1. The first-order chi connectivity index (χ1) is 11.3. The van der Waals surface area contributed by atoms with Crippen LogP contribution in [0.3, 0.4) is 0 Å². The minimum Gasteiger partial charge on any atom is -0.506 e. The van der Waals surface area contributed by atoms with Crippen LogP contribution in [0.5, 0.6) is 0 Å². The van der Waals surface area contributed by atoms with Gasteiger partial charge in [0.1, 0.15) is 11.3 Å². The molecule has 0 radical (unpaired) electrons. The van der Waals surface area contributed by atoms with Gasteiger partial charge in [-0.3, -0.25) is 4.99 Å². The van der Waals surface area contributed by atoms with Crippen LogP contribution in [0, 0.1) is 5.92 Å². The summed E-state index contributed by atoms with van der Waals surface area (Å²) < 4.78 is 4.92. The van der Waals surface area contributed by atoms with Gasteiger partial charge in [0.05, 0.1) is 24.8 Å². The maximum atomic E-state index is 12.1. The summed E-state index contributed by atoms with van der Waals surface area (Å²) in [7, 11) is 0. The predicted octanol–water partition coefficient (Wildman–Crippen LogP) is 2.70. The molecular formula is C15H19Cl2N3O4. The molecule has 9 heteroatoms. The Labute approximate surface area is 150 Å². The predicted molar refractivity (Wildman–Crippen MR) is 92.4 cm³/mol. The molecule has 0 aliphatic carbocycles. The van der Waals surface area contributed by atoms with Crippen molar-refractivity contribution in [3.8, 4) is 0 Å². The molecule has 0 aliphatic heterocycles. The molecule has 1 aromatic rings. The number of carbonyl (C=O) groups is 1. The van der Waals surface area contributed by atoms with Crippen molar-refractivity contribution in [1.29, 1.82) is 0 Å². The van der Waals surface area contributed by atoms with E-state index in [1.807, 2.05) is 13.8 Å². The fraction of sp³-hybridized carbons (Fsp3) is 0.467. The average molecular weight is 376 g/mol. The lowest BCUT2D eigenvalue weighted by Crippen LogP contribution is -2.19. The number of aliphatic hydroxyl groups excluding tert-OH is 2. The highest BCUT2D eigenvalue weighted by atomic mass is 35.5. The molecule has 0 spiro atoms. The molecule has 2 N–H and O–H groups in total. The van der Waals surface area contributed by atoms with E-state index in [1.54, 1.807) is 6.92 Å². The van der Waals surface area contributed by atoms with E-state index < -0.39 is 17.8 Å². The van der Waals surface area contributed by atoms with Gasteiger partial charge in [-0.05, 0) is 18.9 Å². The molecule has 0 unspecified atom stereocenters. The van der Waals surface area contributed by atoms with Gasteiger partial charge in [-0.15, -0.1) is 10.2 Å². The third-order valence-electron chi connectivity index (χ3n) is 3.08. The highest BCUT2D eigenvalue weighted by molar-refractivity contribution is 6.33. The topological polar surface area (TPSA) is 105 Å². The third kappa shape index (κ3) is 5.43. The largest absolute Gasteiger partial charge is 0.506 e. The van der Waals surface area contributed by atoms with Gasteiger partial charge >= 0.3 is 5.97 Å². The molecule has 0 saturated heterocycles. The first-order valence-corrected chi connectivity index (χ1v) is 8.00. The Bertz CT molecular complexity index is 648. The summed E-state index contributed by atoms with van der Waals surface area (Å²) in [6.45, 7) is 5.28. The van der Waals surface area contributed by atoms with Crippen molar-refractivity contribution < 1.29 is 19.7 Å². The van der Waals surface area contributed by atoms with E-state index in [4.69, 9.17) is 27.9 Å². The molecule has 0 amide bonds. The summed E-state index contributed by atoms with van der Waals surface area (Å²) in [5.41, 5.74) is -0.196. The van der Waals surface area contributed by atoms with Crippen LogP contribution in [0.2, 0.25) is 10.3 Å². The van der Waals surface area contributed by atoms with Gasteiger partial charge in [-0.25, -0.2) is 4.79 Å². The van der Waals surface area contributed by atoms with Crippen LogP contribution in [0.15, 0.2) is 16.6 Å². The van der Waals surface area contributed by atoms with Gasteiger partial charge in [0.25, 0.3) is 0 Å². The number of rotatable bonds is 7. The number of hydrogen-bond donors (Lipinski definition) is 2. The van der Waals surface area contributed by atoms with Gasteiger partial charge in [-0.1, -0.05) is 37.0 Å². The van der Waals surface area contributed by atoms with E-state index in [1.165, 1.54) is 6.07 Å². The molecule has 1 aromatic heterocycles. The van der Waals surface area contributed by atoms with Crippen molar-refractivity contribution >= 4 is 41.1 Å². The van der Waals surface area contributed by atoms with Crippen LogP contribution >= 0.6 is 23.2 Å². The van der Waals surface area contributed by atoms with Crippen LogP contribution in [0.4, 0.5) is 0 Å². The highest BCUT2D eigenvalue weighted by Gasteiger charge is 2.20. The van der Waals surface area contributed by atoms with E-state index >= 15 is 0 Å². The first kappa shape index (κ1) is 20.3. The minimum atomic E-state index is -0.789. The molecule has 1 atom stereocenters. The number of ether oxygens (including phenoxy) is 1. The zero-order valence-corrected chi connectivity index (χ0v) is 15.0. The Morgan fingerprint density at radius 2 is 2.08 bits per heavy atom. The zero-order chi connectivity index (χ0) is 18.3. The number of aliphatic hydroxyl groups is 2. The smallest absolute Gasteiger partial charge is 0.343 e. The molecular weight excluding hydrogens is 357 g/mol. The average Bonchev–Trinajstić information content (AvgIpc) is 2.53. The lowest BCUT2D eigenvalue weighted by Gasteiger charge is -2.13. The van der Waals surface area contributed by atoms with Gasteiger partial charge < -0.3 is 14.9 Å². The SMILES string of the molecule is CCOC(=O)C(C=N[C@H](CO)C(C)C)=C(O)c1cc(Cl)nnc1Cl. The summed E-state index contributed by atoms with van der Waals surface area (Å²) in [6, 6.07) is 0.836. The Morgan fingerprint density at radius 1 is 1.42 bits per heavy atom. The number of aromatic nitrogens is 2. The second-order valence-corrected chi connectivity index (χ2v) is 5.87. The molecule has 0 fully saturated rings. The van der Waals surface area contributed by atoms with E-state index in [0.717, 1.165) is 6.21 Å². The molecule has 24 heavy (non-hydrogen) atoms. The van der Waals surface area contributed by atoms with Crippen LogP contribution in [-0.2, 0) is 9.53 Å². The van der Waals surface area contributed by atoms with Crippen LogP contribution < -0.4 is 0 Å². The fourth-order valence-electron chi connectivity index (χ4n) is 1.68. The number of aliphatic imine (C=N–C) groups is 1. The monoisotopic (exact) mass is 375 g/mol. The van der Waals surface area contributed by atoms with E-state index in [-0.39, 0.29) is 40.6 Å². The summed E-state index contributed by atoms with van der Waals surface area (Å²) >= 11 is 11.6. The molecule has 0 aliphatic rings. The second-order valence-electron chi connectivity index (χ2n) is 5.13. The van der Waals surface area contributed by atoms with Crippen molar-refractivity contribution in [2.45, 2.75) is 26.8 Å². The molecule has 1 heterocycles. The molecule has 1 rings (SSSR count). The quantitative estimate of drug-likeness (QED) is 0.328. The first-order valence-electron chi connectivity index (χ1n) is 7.25. The van der Waals surface area contributed by atoms with Crippen molar-refractivity contribution in [3.63, 3.8) is 0 Å². The maximum Gasteiger partial charge on any atom is 0.343 e. The second kappa shape index (κ2) is 9.56. The summed E-state index contributed by atoms with van der Waals surface area (Å²) in [5, 5.41) is 26.7. The van der Waals surface area contributed by atoms with Crippen LogP contribution in [0.1, 0.15) is 26.3 Å². The van der Waals surface area contributed by atoms with Crippen molar-refractivity contribution in [3.05, 3.63) is 27.5 Å². The van der Waals surface area contributed by atoms with E-state index in [0.29, 0.717) is 0 Å². The Hall–Kier alpha value is -1.70. The fourth-order valence-corrected chi connectivity index (χ4v) is 2.01. The Kier molecular flexibility index (Phi) is 8.10. The number of nitrogens with zero attached hydrogens (tertiary/aromatic N) is 3. The molecule has 0 saturated carbocycles. The van der Waals surface area contributed by atoms with Crippen molar-refractivity contribution in [2.24, 2.45) is 10.9 Å². The summed E-state index contributed by atoms with van der Waals surface area (Å²) in [4.78, 5) is 16.3. The lowest BCUT2D eigenvalue weighted by atomic mass is 10.1. The molecule has 7 nitrogen and oxygen atoms in total. The van der Waals surface area contributed by atoms with Gasteiger partial charge in [0, 0.05) is 6.21 Å². The zero-order valence-electron chi connectivity index (χ0n) is 13.5. The van der Waals surface area contributed by atoms with Gasteiger partial charge in [0.15, 0.2) is 10.3 Å². The van der Waals surface area contributed by atoms with Gasteiger partial charge in [0.2, 0.25) is 0 Å². The maximum absolute atomic E-state index is 12.1. The van der Waals surface area contributed by atoms with E-state index in [2.05, 4.69) is 15.2 Å². The van der Waals surface area contributed by atoms with Gasteiger partial charge in [-0.2, -0.15) is 0 Å². The number of esters is 1. The highest BCUT2D eigenvalue weighted by Crippen LogP contribution is 2.24. The standard InChI is InChI=1S/C15H19Cl2N3O4/c1-4-24-15(23)10(6-18-11(7-21)8(2)3)13(22)9-5-12(16)19-20-14(9)17/h5-6,8,11,21-22H,4,7H2,1-3H3/t11-/m1/s1. The third-order valence-corrected chi connectivity index (χ3v) is 3.54. The van der Waals surface area contributed by atoms with Crippen LogP contribution in [-0.4, -0.2) is 51.8 Å². The lowest BCUT2D eigenvalue weighted by molar-refractivity contribution is -0.137. The van der Waals surface area contributed by atoms with E-state index in [9.17, 15) is 15.0 Å².